The fourth-order valence-electron chi connectivity index (χ4n) is 5.01. The zero-order chi connectivity index (χ0) is 27.4. The number of nitrogens with zero attached hydrogens (tertiary/aromatic N) is 2. The lowest BCUT2D eigenvalue weighted by molar-refractivity contribution is -0.147. The number of carboxylic acid groups (broad SMARTS) is 1. The van der Waals surface area contributed by atoms with Gasteiger partial charge in [0.05, 0.1) is 11.8 Å². The number of rotatable bonds is 7. The Morgan fingerprint density at radius 1 is 1.11 bits per heavy atom. The van der Waals surface area contributed by atoms with Crippen LogP contribution in [0.3, 0.4) is 0 Å². The summed E-state index contributed by atoms with van der Waals surface area (Å²) in [6.45, 7) is 6.34. The molecule has 1 aromatic rings. The van der Waals surface area contributed by atoms with Crippen LogP contribution in [0.1, 0.15) is 58.4 Å². The Morgan fingerprint density at radius 2 is 1.73 bits per heavy atom. The van der Waals surface area contributed by atoms with Gasteiger partial charge >= 0.3 is 12.1 Å². The summed E-state index contributed by atoms with van der Waals surface area (Å²) < 4.78 is 5.50. The Labute approximate surface area is 216 Å². The minimum atomic E-state index is -1.47. The number of ether oxygens (including phenoxy) is 1. The van der Waals surface area contributed by atoms with Crippen LogP contribution in [-0.2, 0) is 29.3 Å². The van der Waals surface area contributed by atoms with Crippen LogP contribution in [0.4, 0.5) is 4.79 Å². The van der Waals surface area contributed by atoms with Gasteiger partial charge in [-0.15, -0.1) is 0 Å². The molecule has 0 aliphatic carbocycles. The molecule has 3 rings (SSSR count). The fourth-order valence-corrected chi connectivity index (χ4v) is 5.01. The van der Waals surface area contributed by atoms with Crippen molar-refractivity contribution in [3.05, 3.63) is 35.9 Å². The molecule has 11 heteroatoms. The highest BCUT2D eigenvalue weighted by Crippen LogP contribution is 2.39. The van der Waals surface area contributed by atoms with Crippen LogP contribution in [0.25, 0.3) is 0 Å². The van der Waals surface area contributed by atoms with Crippen molar-refractivity contribution in [2.45, 2.75) is 76.0 Å². The predicted octanol–water partition coefficient (Wildman–Crippen LogP) is 1.39. The number of aliphatic carboxylic acids is 1. The topological polar surface area (TPSA) is 159 Å². The van der Waals surface area contributed by atoms with Crippen molar-refractivity contribution in [1.29, 1.82) is 0 Å². The minimum absolute atomic E-state index is 0.234. The number of hydrogen-bond donors (Lipinski definition) is 3. The van der Waals surface area contributed by atoms with Crippen molar-refractivity contribution in [3.63, 3.8) is 0 Å². The third kappa shape index (κ3) is 6.58. The molecule has 2 aliphatic heterocycles. The minimum Gasteiger partial charge on any atom is -0.480 e. The molecule has 2 saturated heterocycles. The van der Waals surface area contributed by atoms with Crippen LogP contribution in [0.2, 0.25) is 0 Å². The Hall–Kier alpha value is -3.63. The van der Waals surface area contributed by atoms with Gasteiger partial charge in [0, 0.05) is 19.6 Å². The van der Waals surface area contributed by atoms with E-state index in [1.807, 2.05) is 30.3 Å². The monoisotopic (exact) mass is 516 g/mol. The fraction of sp³-hybridized carbons (Fsp3) is 0.577. The Kier molecular flexibility index (Phi) is 8.45. The van der Waals surface area contributed by atoms with E-state index in [9.17, 15) is 29.1 Å². The van der Waals surface area contributed by atoms with Crippen molar-refractivity contribution in [3.8, 4) is 0 Å². The lowest BCUT2D eigenvalue weighted by Crippen LogP contribution is -2.58. The highest BCUT2D eigenvalue weighted by Gasteiger charge is 2.49. The normalized spacial score (nSPS) is 20.1. The van der Waals surface area contributed by atoms with E-state index < -0.39 is 53.4 Å². The first-order valence-corrected chi connectivity index (χ1v) is 12.5. The third-order valence-electron chi connectivity index (χ3n) is 6.84. The molecule has 2 fully saturated rings. The quantitative estimate of drug-likeness (QED) is 0.494. The Bertz CT molecular complexity index is 1030. The van der Waals surface area contributed by atoms with Gasteiger partial charge in [-0.25, -0.2) is 9.59 Å². The first-order valence-electron chi connectivity index (χ1n) is 12.5. The van der Waals surface area contributed by atoms with Crippen LogP contribution < -0.4 is 11.1 Å². The van der Waals surface area contributed by atoms with Crippen molar-refractivity contribution >= 4 is 29.8 Å². The molecule has 0 saturated carbocycles. The molecule has 202 valence electrons. The zero-order valence-electron chi connectivity index (χ0n) is 21.6. The van der Waals surface area contributed by atoms with Crippen molar-refractivity contribution in [2.24, 2.45) is 5.73 Å². The largest absolute Gasteiger partial charge is 0.480 e. The van der Waals surface area contributed by atoms with Gasteiger partial charge in [-0.3, -0.25) is 14.4 Å². The van der Waals surface area contributed by atoms with E-state index in [4.69, 9.17) is 10.5 Å². The van der Waals surface area contributed by atoms with Gasteiger partial charge in [0.15, 0.2) is 0 Å². The number of carbonyl (C=O) groups is 5. The summed E-state index contributed by atoms with van der Waals surface area (Å²) in [4.78, 5) is 65.7. The van der Waals surface area contributed by atoms with Crippen LogP contribution in [0, 0.1) is 0 Å². The summed E-state index contributed by atoms with van der Waals surface area (Å²) in [5.41, 5.74) is 4.33. The van der Waals surface area contributed by atoms with Crippen LogP contribution in [0.15, 0.2) is 30.3 Å². The summed E-state index contributed by atoms with van der Waals surface area (Å²) in [6.07, 6.45) is 0.658. The molecule has 0 radical (unpaired) electrons. The van der Waals surface area contributed by atoms with E-state index in [1.54, 1.807) is 25.7 Å². The van der Waals surface area contributed by atoms with E-state index in [0.29, 0.717) is 45.3 Å². The smallest absolute Gasteiger partial charge is 0.410 e. The standard InChI is InChI=1S/C26H36N4O7/c1-25(2,3)37-24(36)29-14-11-26(12-15-29,17-8-5-4-6-9-17)23(35)30-13-7-10-19(30)21(32)28-18(22(33)34)16-20(27)31/h4-6,8-9,18-19H,7,10-16H2,1-3H3,(H2,27,31)(H,28,32)(H,33,34). The lowest BCUT2D eigenvalue weighted by Gasteiger charge is -2.43. The molecule has 2 heterocycles. The first-order chi connectivity index (χ1) is 17.3. The van der Waals surface area contributed by atoms with E-state index in [-0.39, 0.29) is 5.91 Å². The first kappa shape index (κ1) is 27.9. The molecule has 0 spiro atoms. The number of hydrogen-bond acceptors (Lipinski definition) is 6. The van der Waals surface area contributed by atoms with Gasteiger partial charge in [0.2, 0.25) is 17.7 Å². The van der Waals surface area contributed by atoms with Crippen LogP contribution in [-0.4, -0.2) is 82.0 Å². The molecular formula is C26H36N4O7. The Balaban J connectivity index is 1.83. The number of benzene rings is 1. The van der Waals surface area contributed by atoms with Crippen molar-refractivity contribution < 1.29 is 33.8 Å². The van der Waals surface area contributed by atoms with Crippen LogP contribution >= 0.6 is 0 Å². The molecule has 2 aliphatic rings. The average Bonchev–Trinajstić information content (AvgIpc) is 3.32. The number of nitrogens with two attached hydrogens (primary N) is 1. The van der Waals surface area contributed by atoms with Gasteiger partial charge in [-0.2, -0.15) is 0 Å². The molecule has 0 aromatic heterocycles. The predicted molar refractivity (Wildman–Crippen MR) is 133 cm³/mol. The van der Waals surface area contributed by atoms with Gasteiger partial charge in [0.25, 0.3) is 0 Å². The van der Waals surface area contributed by atoms with Crippen LogP contribution in [0.5, 0.6) is 0 Å². The molecule has 0 bridgehead atoms. The molecule has 4 amide bonds. The maximum Gasteiger partial charge on any atom is 0.410 e. The number of likely N-dealkylation sites (tertiary alicyclic amines) is 2. The number of nitrogens with one attached hydrogen (secondary N) is 1. The number of carbonyl (C=O) groups excluding carboxylic acids is 4. The highest BCUT2D eigenvalue weighted by molar-refractivity contribution is 5.95. The summed E-state index contributed by atoms with van der Waals surface area (Å²) in [5.74, 6) is -3.10. The maximum atomic E-state index is 14.2. The molecule has 4 N–H and O–H groups in total. The number of amides is 4. The third-order valence-corrected chi connectivity index (χ3v) is 6.84. The second kappa shape index (κ2) is 11.2. The SMILES string of the molecule is CC(C)(C)OC(=O)N1CCC(C(=O)N2CCCC2C(=O)NC(CC(N)=O)C(=O)O)(c2ccccc2)CC1. The van der Waals surface area contributed by atoms with Gasteiger partial charge in [-0.05, 0) is 52.0 Å². The number of carboxylic acids is 1. The summed E-state index contributed by atoms with van der Waals surface area (Å²) in [7, 11) is 0. The Morgan fingerprint density at radius 3 is 2.27 bits per heavy atom. The van der Waals surface area contributed by atoms with E-state index in [0.717, 1.165) is 5.56 Å². The molecule has 2 atom stereocenters. The molecule has 1 aromatic carbocycles. The second-order valence-electron chi connectivity index (χ2n) is 10.6. The lowest BCUT2D eigenvalue weighted by atomic mass is 9.71. The van der Waals surface area contributed by atoms with E-state index >= 15 is 0 Å². The molecule has 37 heavy (non-hydrogen) atoms. The van der Waals surface area contributed by atoms with Gasteiger partial charge < -0.3 is 30.7 Å². The summed E-state index contributed by atoms with van der Waals surface area (Å²) in [6, 6.07) is 6.96. The van der Waals surface area contributed by atoms with E-state index in [2.05, 4.69) is 5.32 Å². The van der Waals surface area contributed by atoms with E-state index in [1.165, 1.54) is 4.90 Å². The molecule has 2 unspecified atom stereocenters. The summed E-state index contributed by atoms with van der Waals surface area (Å²) >= 11 is 0. The van der Waals surface area contributed by atoms with Gasteiger partial charge in [0.1, 0.15) is 17.7 Å². The number of primary amides is 1. The molecular weight excluding hydrogens is 480 g/mol. The van der Waals surface area contributed by atoms with Crippen molar-refractivity contribution in [1.82, 2.24) is 15.1 Å². The second-order valence-corrected chi connectivity index (χ2v) is 10.6. The summed E-state index contributed by atoms with van der Waals surface area (Å²) in [5, 5.41) is 11.7. The van der Waals surface area contributed by atoms with Crippen molar-refractivity contribution in [2.75, 3.05) is 19.6 Å². The average molecular weight is 517 g/mol. The molecule has 11 nitrogen and oxygen atoms in total. The van der Waals surface area contributed by atoms with Gasteiger partial charge in [-0.1, -0.05) is 30.3 Å². The highest BCUT2D eigenvalue weighted by atomic mass is 16.6. The zero-order valence-corrected chi connectivity index (χ0v) is 21.6. The number of piperidine rings is 1. The maximum absolute atomic E-state index is 14.2.